The Morgan fingerprint density at radius 1 is 0.875 bits per heavy atom. The van der Waals surface area contributed by atoms with Gasteiger partial charge in [0.2, 0.25) is 0 Å². The van der Waals surface area contributed by atoms with Gasteiger partial charge in [0.25, 0.3) is 0 Å². The van der Waals surface area contributed by atoms with Crippen LogP contribution in [0, 0.1) is 20.8 Å². The molecule has 0 heterocycles. The molecule has 0 radical (unpaired) electrons. The Hall–Kier alpha value is -1.27. The van der Waals surface area contributed by atoms with Crippen molar-refractivity contribution in [2.45, 2.75) is 47.1 Å². The van der Waals surface area contributed by atoms with Crippen LogP contribution in [0.15, 0.2) is 30.3 Å². The summed E-state index contributed by atoms with van der Waals surface area (Å²) in [6.07, 6.45) is 2.02. The fourth-order valence-electron chi connectivity index (χ4n) is 2.93. The van der Waals surface area contributed by atoms with Gasteiger partial charge in [-0.15, -0.1) is 0 Å². The highest BCUT2D eigenvalue weighted by molar-refractivity contribution is 14.1. The molecule has 2 rings (SSSR count). The lowest BCUT2D eigenvalue weighted by Crippen LogP contribution is -2.08. The Balaban J connectivity index is 2.36. The maximum Gasteiger partial charge on any atom is 0.200 e. The minimum Gasteiger partial charge on any atom is -0.488 e. The Morgan fingerprint density at radius 2 is 1.54 bits per heavy atom. The summed E-state index contributed by atoms with van der Waals surface area (Å²) in [7, 11) is 0. The molecule has 0 unspecified atom stereocenters. The highest BCUT2D eigenvalue weighted by Crippen LogP contribution is 2.39. The standard InChI is InChI=1S/C20H25IO3/c1-5-9-18-16(4)19(22-12-17-10-7-6-8-11-17)14(2)15(3)20(18)23-13-24-21/h6-8,10-11H,5,9,12-13H2,1-4H3. The van der Waals surface area contributed by atoms with Crippen molar-refractivity contribution in [3.05, 3.63) is 58.1 Å². The molecule has 0 aromatic heterocycles. The van der Waals surface area contributed by atoms with Gasteiger partial charge in [-0.2, -0.15) is 0 Å². The fraction of sp³-hybridized carbons (Fsp3) is 0.400. The van der Waals surface area contributed by atoms with Gasteiger partial charge in [-0.25, -0.2) is 0 Å². The van der Waals surface area contributed by atoms with Crippen LogP contribution in [0.3, 0.4) is 0 Å². The van der Waals surface area contributed by atoms with E-state index >= 15 is 0 Å². The van der Waals surface area contributed by atoms with Crippen LogP contribution in [0.25, 0.3) is 0 Å². The van der Waals surface area contributed by atoms with Gasteiger partial charge < -0.3 is 9.47 Å². The molecular weight excluding hydrogens is 415 g/mol. The van der Waals surface area contributed by atoms with E-state index in [4.69, 9.17) is 12.5 Å². The first kappa shape index (κ1) is 19.1. The monoisotopic (exact) mass is 440 g/mol. The molecule has 0 aliphatic carbocycles. The van der Waals surface area contributed by atoms with Gasteiger partial charge in [0, 0.05) is 5.56 Å². The van der Waals surface area contributed by atoms with E-state index in [0.29, 0.717) is 6.61 Å². The van der Waals surface area contributed by atoms with Crippen molar-refractivity contribution in [1.29, 1.82) is 0 Å². The third-order valence-corrected chi connectivity index (χ3v) is 4.54. The molecule has 2 aromatic carbocycles. The van der Waals surface area contributed by atoms with E-state index < -0.39 is 0 Å². The number of halogens is 1. The lowest BCUT2D eigenvalue weighted by atomic mass is 9.94. The first-order valence-corrected chi connectivity index (χ1v) is 9.13. The fourth-order valence-corrected chi connectivity index (χ4v) is 3.06. The summed E-state index contributed by atoms with van der Waals surface area (Å²) in [5.74, 6) is 1.91. The minimum absolute atomic E-state index is 0.251. The Bertz CT molecular complexity index is 669. The zero-order valence-corrected chi connectivity index (χ0v) is 17.0. The summed E-state index contributed by atoms with van der Waals surface area (Å²) in [5.41, 5.74) is 5.81. The molecule has 0 bridgehead atoms. The van der Waals surface area contributed by atoms with Crippen LogP contribution in [0.5, 0.6) is 11.5 Å². The third-order valence-electron chi connectivity index (χ3n) is 4.28. The molecule has 0 N–H and O–H groups in total. The van der Waals surface area contributed by atoms with Gasteiger partial charge in [0.15, 0.2) is 6.79 Å². The van der Waals surface area contributed by atoms with Crippen molar-refractivity contribution in [3.63, 3.8) is 0 Å². The number of benzene rings is 2. The Kier molecular flexibility index (Phi) is 7.37. The van der Waals surface area contributed by atoms with Crippen molar-refractivity contribution >= 4 is 23.0 Å². The van der Waals surface area contributed by atoms with E-state index in [1.807, 2.05) is 41.2 Å². The SMILES string of the molecule is CCCc1c(C)c(OCc2ccccc2)c(C)c(C)c1OCOI. The van der Waals surface area contributed by atoms with Crippen LogP contribution in [0.4, 0.5) is 0 Å². The number of hydrogen-bond donors (Lipinski definition) is 0. The minimum atomic E-state index is 0.251. The lowest BCUT2D eigenvalue weighted by Gasteiger charge is -2.22. The molecule has 0 aliphatic rings. The summed E-state index contributed by atoms with van der Waals surface area (Å²) in [6, 6.07) is 10.3. The topological polar surface area (TPSA) is 27.7 Å². The van der Waals surface area contributed by atoms with Gasteiger partial charge >= 0.3 is 0 Å². The molecule has 0 saturated carbocycles. The smallest absolute Gasteiger partial charge is 0.200 e. The molecule has 0 saturated heterocycles. The average Bonchev–Trinajstić information content (AvgIpc) is 2.60. The molecule has 3 nitrogen and oxygen atoms in total. The molecule has 0 amide bonds. The normalized spacial score (nSPS) is 10.7. The highest BCUT2D eigenvalue weighted by atomic mass is 127. The molecular formula is C20H25IO3. The average molecular weight is 440 g/mol. The Labute approximate surface area is 159 Å². The third kappa shape index (κ3) is 4.42. The largest absolute Gasteiger partial charge is 0.488 e. The van der Waals surface area contributed by atoms with E-state index in [1.165, 1.54) is 16.7 Å². The summed E-state index contributed by atoms with van der Waals surface area (Å²) >= 11 is 1.85. The molecule has 0 aliphatic heterocycles. The predicted octanol–water partition coefficient (Wildman–Crippen LogP) is 5.85. The van der Waals surface area contributed by atoms with Crippen molar-refractivity contribution in [3.8, 4) is 11.5 Å². The van der Waals surface area contributed by atoms with Gasteiger partial charge in [-0.3, -0.25) is 3.07 Å². The second-order valence-electron chi connectivity index (χ2n) is 5.91. The van der Waals surface area contributed by atoms with Gasteiger partial charge in [0.05, 0.1) is 0 Å². The molecule has 2 aromatic rings. The van der Waals surface area contributed by atoms with E-state index in [9.17, 15) is 0 Å². The predicted molar refractivity (Wildman–Crippen MR) is 106 cm³/mol. The van der Waals surface area contributed by atoms with E-state index in [-0.39, 0.29) is 6.79 Å². The molecule has 0 spiro atoms. The van der Waals surface area contributed by atoms with E-state index in [1.54, 1.807) is 0 Å². The van der Waals surface area contributed by atoms with Gasteiger partial charge in [-0.1, -0.05) is 43.7 Å². The first-order valence-electron chi connectivity index (χ1n) is 8.25. The summed E-state index contributed by atoms with van der Waals surface area (Å²) in [6.45, 7) is 9.31. The Morgan fingerprint density at radius 3 is 2.17 bits per heavy atom. The quantitative estimate of drug-likeness (QED) is 0.381. The number of rotatable bonds is 8. The summed E-state index contributed by atoms with van der Waals surface area (Å²) in [4.78, 5) is 0. The molecule has 0 atom stereocenters. The summed E-state index contributed by atoms with van der Waals surface area (Å²) in [5, 5.41) is 0. The van der Waals surface area contributed by atoms with Crippen LogP contribution in [0.1, 0.15) is 41.2 Å². The van der Waals surface area contributed by atoms with Crippen LogP contribution >= 0.6 is 23.0 Å². The second-order valence-corrected chi connectivity index (χ2v) is 6.53. The lowest BCUT2D eigenvalue weighted by molar-refractivity contribution is 0.162. The molecule has 130 valence electrons. The van der Waals surface area contributed by atoms with E-state index in [0.717, 1.165) is 35.5 Å². The zero-order chi connectivity index (χ0) is 17.5. The van der Waals surface area contributed by atoms with Gasteiger partial charge in [0.1, 0.15) is 41.1 Å². The van der Waals surface area contributed by atoms with Crippen molar-refractivity contribution in [2.75, 3.05) is 6.79 Å². The van der Waals surface area contributed by atoms with Crippen molar-refractivity contribution in [1.82, 2.24) is 0 Å². The van der Waals surface area contributed by atoms with Crippen LogP contribution in [0.2, 0.25) is 0 Å². The number of hydrogen-bond acceptors (Lipinski definition) is 3. The van der Waals surface area contributed by atoms with Crippen LogP contribution in [-0.2, 0) is 16.1 Å². The number of ether oxygens (including phenoxy) is 2. The van der Waals surface area contributed by atoms with E-state index in [2.05, 4.69) is 39.8 Å². The second kappa shape index (κ2) is 9.28. The van der Waals surface area contributed by atoms with Gasteiger partial charge in [-0.05, 0) is 49.4 Å². The van der Waals surface area contributed by atoms with Crippen LogP contribution in [-0.4, -0.2) is 6.79 Å². The summed E-state index contributed by atoms with van der Waals surface area (Å²) < 4.78 is 17.1. The maximum atomic E-state index is 6.19. The molecule has 0 fully saturated rings. The zero-order valence-electron chi connectivity index (χ0n) is 14.8. The van der Waals surface area contributed by atoms with Crippen molar-refractivity contribution in [2.24, 2.45) is 0 Å². The first-order chi connectivity index (χ1) is 11.6. The highest BCUT2D eigenvalue weighted by Gasteiger charge is 2.19. The molecule has 24 heavy (non-hydrogen) atoms. The van der Waals surface area contributed by atoms with Crippen LogP contribution < -0.4 is 9.47 Å². The maximum absolute atomic E-state index is 6.19. The molecule has 4 heteroatoms. The van der Waals surface area contributed by atoms with Crippen molar-refractivity contribution < 1.29 is 12.5 Å².